The number of hydrogen-bond donors (Lipinski definition) is 3. The zero-order valence-corrected chi connectivity index (χ0v) is 21.0. The number of ketones is 1. The van der Waals surface area contributed by atoms with Gasteiger partial charge in [0.05, 0.1) is 25.6 Å². The van der Waals surface area contributed by atoms with E-state index in [2.05, 4.69) is 10.6 Å². The van der Waals surface area contributed by atoms with Crippen LogP contribution in [0.2, 0.25) is 0 Å². The van der Waals surface area contributed by atoms with Gasteiger partial charge in [-0.1, -0.05) is 0 Å². The summed E-state index contributed by atoms with van der Waals surface area (Å²) in [4.78, 5) is 25.4. The van der Waals surface area contributed by atoms with Crippen LogP contribution in [0.15, 0.2) is 18.2 Å². The minimum Gasteiger partial charge on any atom is -0.493 e. The van der Waals surface area contributed by atoms with Crippen molar-refractivity contribution in [2.45, 2.75) is 17.7 Å². The van der Waals surface area contributed by atoms with Crippen molar-refractivity contribution in [1.29, 1.82) is 0 Å². The Hall–Kier alpha value is -1.90. The van der Waals surface area contributed by atoms with Crippen molar-refractivity contribution >= 4 is 39.3 Å². The van der Waals surface area contributed by atoms with E-state index in [1.54, 1.807) is 6.07 Å². The van der Waals surface area contributed by atoms with E-state index in [-0.39, 0.29) is 18.0 Å². The highest BCUT2D eigenvalue weighted by molar-refractivity contribution is 8.02. The molecule has 3 N–H and O–H groups in total. The number of carboxylic acid groups (broad SMARTS) is 1. The van der Waals surface area contributed by atoms with E-state index in [0.717, 1.165) is 24.6 Å². The van der Waals surface area contributed by atoms with Gasteiger partial charge in [0.1, 0.15) is 12.5 Å². The Morgan fingerprint density at radius 2 is 2.03 bits per heavy atom. The predicted molar refractivity (Wildman–Crippen MR) is 130 cm³/mol. The number of carboxylic acids is 1. The molecular weight excluding hydrogens is 498 g/mol. The van der Waals surface area contributed by atoms with Crippen LogP contribution in [-0.4, -0.2) is 99.3 Å². The molecule has 2 aliphatic heterocycles. The number of morpholine rings is 1. The van der Waals surface area contributed by atoms with E-state index >= 15 is 0 Å². The van der Waals surface area contributed by atoms with Gasteiger partial charge in [-0.15, -0.1) is 11.8 Å². The van der Waals surface area contributed by atoms with E-state index < -0.39 is 26.7 Å². The lowest BCUT2D eigenvalue weighted by molar-refractivity contribution is -0.139. The fourth-order valence-corrected chi connectivity index (χ4v) is 5.73. The first-order valence-corrected chi connectivity index (χ1v) is 14.2. The van der Waals surface area contributed by atoms with E-state index in [1.807, 2.05) is 4.90 Å². The summed E-state index contributed by atoms with van der Waals surface area (Å²) in [6.45, 7) is 3.47. The summed E-state index contributed by atoms with van der Waals surface area (Å²) in [5.74, 6) is -0.610. The Kier molecular flexibility index (Phi) is 8.55. The van der Waals surface area contributed by atoms with Crippen molar-refractivity contribution in [3.63, 3.8) is 0 Å². The van der Waals surface area contributed by atoms with Gasteiger partial charge < -0.3 is 19.9 Å². The largest absolute Gasteiger partial charge is 0.493 e. The molecular formula is C22H31N3O8S2. The molecule has 0 bridgehead atoms. The van der Waals surface area contributed by atoms with Crippen LogP contribution in [0.25, 0.3) is 0 Å². The third-order valence-electron chi connectivity index (χ3n) is 6.04. The summed E-state index contributed by atoms with van der Waals surface area (Å²) in [6, 6.07) is 4.66. The zero-order valence-electron chi connectivity index (χ0n) is 19.4. The lowest BCUT2D eigenvalue weighted by Crippen LogP contribution is -2.52. The van der Waals surface area contributed by atoms with Gasteiger partial charge >= 0.3 is 5.97 Å². The molecule has 4 rings (SSSR count). The standard InChI is InChI=1S/C22H31N3O8S2/c26-20(22(21(27)28)24-3-9-34-22)17-11-18(13-19(12-17)32-14-16-1-2-16)23-15-33-35(29,30)10-6-25-4-7-31-8-5-25/h11-13,16,23-24H,1-10,14-15H2,(H,27,28). The van der Waals surface area contributed by atoms with E-state index in [4.69, 9.17) is 13.7 Å². The van der Waals surface area contributed by atoms with Gasteiger partial charge in [-0.05, 0) is 30.9 Å². The Balaban J connectivity index is 1.41. The Morgan fingerprint density at radius 1 is 1.26 bits per heavy atom. The molecule has 0 radical (unpaired) electrons. The second-order valence-electron chi connectivity index (χ2n) is 8.75. The quantitative estimate of drug-likeness (QED) is 0.144. The molecule has 13 heteroatoms. The van der Waals surface area contributed by atoms with Crippen LogP contribution in [0.4, 0.5) is 5.69 Å². The third-order valence-corrected chi connectivity index (χ3v) is 8.55. The van der Waals surface area contributed by atoms with Gasteiger partial charge in [0.25, 0.3) is 10.1 Å². The van der Waals surface area contributed by atoms with Crippen molar-refractivity contribution in [3.8, 4) is 5.75 Å². The van der Waals surface area contributed by atoms with Gasteiger partial charge in [-0.25, -0.2) is 8.98 Å². The molecule has 3 aliphatic rings. The smallest absolute Gasteiger partial charge is 0.342 e. The molecule has 2 saturated heterocycles. The molecule has 0 aromatic heterocycles. The maximum atomic E-state index is 13.2. The minimum absolute atomic E-state index is 0.146. The molecule has 0 amide bonds. The van der Waals surface area contributed by atoms with Gasteiger partial charge in [-0.2, -0.15) is 8.42 Å². The number of carbonyl (C=O) groups excluding carboxylic acids is 1. The van der Waals surface area contributed by atoms with Crippen molar-refractivity contribution in [2.24, 2.45) is 5.92 Å². The number of hydrogen-bond acceptors (Lipinski definition) is 11. The Morgan fingerprint density at radius 3 is 2.69 bits per heavy atom. The SMILES string of the molecule is O=C(O)C1(C(=O)c2cc(NCOS(=O)(=O)CCN3CCOCC3)cc(OCC3CC3)c2)NCCS1. The summed E-state index contributed by atoms with van der Waals surface area (Å²) in [5, 5.41) is 15.4. The third kappa shape index (κ3) is 7.08. The fourth-order valence-electron chi connectivity index (χ4n) is 3.81. The monoisotopic (exact) mass is 529 g/mol. The molecule has 1 atom stereocenters. The average molecular weight is 530 g/mol. The molecule has 3 fully saturated rings. The second kappa shape index (κ2) is 11.4. The molecule has 1 aliphatic carbocycles. The van der Waals surface area contributed by atoms with Gasteiger partial charge in [0, 0.05) is 49.2 Å². The Bertz CT molecular complexity index is 1020. The molecule has 11 nitrogen and oxygen atoms in total. The molecule has 2 heterocycles. The maximum absolute atomic E-state index is 13.2. The number of ether oxygens (including phenoxy) is 2. The van der Waals surface area contributed by atoms with Gasteiger partial charge in [-0.3, -0.25) is 15.0 Å². The normalized spacial score (nSPS) is 23.2. The Labute approximate surface area is 209 Å². The number of benzene rings is 1. The number of rotatable bonds is 13. The van der Waals surface area contributed by atoms with Crippen LogP contribution in [0, 0.1) is 5.92 Å². The first-order valence-electron chi connectivity index (χ1n) is 11.6. The highest BCUT2D eigenvalue weighted by Crippen LogP contribution is 2.34. The lowest BCUT2D eigenvalue weighted by Gasteiger charge is -2.26. The topological polar surface area (TPSA) is 143 Å². The van der Waals surface area contributed by atoms with Crippen molar-refractivity contribution in [3.05, 3.63) is 23.8 Å². The number of nitrogens with zero attached hydrogens (tertiary/aromatic N) is 1. The van der Waals surface area contributed by atoms with Crippen LogP contribution in [0.1, 0.15) is 23.2 Å². The second-order valence-corrected chi connectivity index (χ2v) is 11.8. The summed E-state index contributed by atoms with van der Waals surface area (Å²) in [6.07, 6.45) is 2.17. The van der Waals surface area contributed by atoms with Crippen molar-refractivity contribution < 1.29 is 36.8 Å². The molecule has 35 heavy (non-hydrogen) atoms. The molecule has 1 aromatic carbocycles. The number of thioether (sulfide) groups is 1. The number of Topliss-reactive ketones (excluding diaryl/α,β-unsaturated/α-hetero) is 1. The number of nitrogens with one attached hydrogen (secondary N) is 2. The van der Waals surface area contributed by atoms with Crippen molar-refractivity contribution in [1.82, 2.24) is 10.2 Å². The predicted octanol–water partition coefficient (Wildman–Crippen LogP) is 0.823. The minimum atomic E-state index is -3.77. The van der Waals surface area contributed by atoms with Crippen LogP contribution in [0.5, 0.6) is 5.75 Å². The summed E-state index contributed by atoms with van der Waals surface area (Å²) >= 11 is 1.04. The molecule has 194 valence electrons. The van der Waals surface area contributed by atoms with E-state index in [1.165, 1.54) is 12.1 Å². The summed E-state index contributed by atoms with van der Waals surface area (Å²) in [7, 11) is -3.77. The summed E-state index contributed by atoms with van der Waals surface area (Å²) in [5.41, 5.74) is 0.550. The average Bonchev–Trinajstić information content (AvgIpc) is 3.54. The number of anilines is 1. The number of carbonyl (C=O) groups is 2. The highest BCUT2D eigenvalue weighted by Gasteiger charge is 2.49. The molecule has 0 spiro atoms. The highest BCUT2D eigenvalue weighted by atomic mass is 32.2. The first kappa shape index (κ1) is 26.2. The molecule has 1 saturated carbocycles. The first-order chi connectivity index (χ1) is 16.8. The zero-order chi connectivity index (χ0) is 24.9. The van der Waals surface area contributed by atoms with Crippen LogP contribution >= 0.6 is 11.8 Å². The van der Waals surface area contributed by atoms with Gasteiger partial charge in [0.15, 0.2) is 0 Å². The maximum Gasteiger partial charge on any atom is 0.342 e. The van der Waals surface area contributed by atoms with E-state index in [0.29, 0.717) is 69.1 Å². The number of aliphatic carboxylic acids is 1. The van der Waals surface area contributed by atoms with Gasteiger partial charge in [0.2, 0.25) is 10.7 Å². The fraction of sp³-hybridized carbons (Fsp3) is 0.636. The van der Waals surface area contributed by atoms with E-state index in [9.17, 15) is 23.1 Å². The van der Waals surface area contributed by atoms with Crippen LogP contribution in [0.3, 0.4) is 0 Å². The van der Waals surface area contributed by atoms with Crippen LogP contribution in [-0.2, 0) is 23.8 Å². The van der Waals surface area contributed by atoms with Crippen LogP contribution < -0.4 is 15.4 Å². The summed E-state index contributed by atoms with van der Waals surface area (Å²) < 4.78 is 40.8. The molecule has 1 unspecified atom stereocenters. The molecule has 1 aromatic rings. The lowest BCUT2D eigenvalue weighted by atomic mass is 10.0. The van der Waals surface area contributed by atoms with Crippen molar-refractivity contribution in [2.75, 3.05) is 69.6 Å².